The molecule has 190 valence electrons. The lowest BCUT2D eigenvalue weighted by atomic mass is 10.1. The van der Waals surface area contributed by atoms with E-state index in [-0.39, 0.29) is 5.91 Å². The maximum absolute atomic E-state index is 12.8. The summed E-state index contributed by atoms with van der Waals surface area (Å²) in [5, 5.41) is 2.93. The number of nitrogens with zero attached hydrogens (tertiary/aromatic N) is 2. The Kier molecular flexibility index (Phi) is 8.25. The van der Waals surface area contributed by atoms with Gasteiger partial charge >= 0.3 is 0 Å². The van der Waals surface area contributed by atoms with Gasteiger partial charge in [-0.15, -0.1) is 0 Å². The second-order valence-electron chi connectivity index (χ2n) is 8.56. The van der Waals surface area contributed by atoms with Gasteiger partial charge in [-0.05, 0) is 47.5 Å². The van der Waals surface area contributed by atoms with Crippen molar-refractivity contribution in [1.82, 2.24) is 14.5 Å². The first-order chi connectivity index (χ1) is 17.4. The Labute approximate surface area is 212 Å². The molecule has 0 spiro atoms. The van der Waals surface area contributed by atoms with Crippen molar-refractivity contribution in [3.8, 4) is 11.5 Å². The average molecular weight is 510 g/mol. The molecule has 0 aliphatic carbocycles. The normalized spacial score (nSPS) is 14.8. The van der Waals surface area contributed by atoms with Gasteiger partial charge in [-0.3, -0.25) is 9.69 Å². The van der Waals surface area contributed by atoms with Crippen LogP contribution >= 0.6 is 0 Å². The van der Waals surface area contributed by atoms with Gasteiger partial charge in [0.2, 0.25) is 10.0 Å². The van der Waals surface area contributed by atoms with Gasteiger partial charge in [-0.25, -0.2) is 8.42 Å². The van der Waals surface area contributed by atoms with Crippen LogP contribution in [0.5, 0.6) is 11.5 Å². The number of amides is 1. The number of nitrogens with one attached hydrogen (secondary N) is 1. The minimum atomic E-state index is -3.46. The van der Waals surface area contributed by atoms with E-state index in [0.29, 0.717) is 61.2 Å². The number of ether oxygens (including phenoxy) is 2. The van der Waals surface area contributed by atoms with E-state index in [9.17, 15) is 13.2 Å². The Bertz CT molecular complexity index is 1270. The number of carbonyl (C=O) groups is 1. The minimum Gasteiger partial charge on any atom is -0.493 e. The lowest BCUT2D eigenvalue weighted by Gasteiger charge is -2.34. The van der Waals surface area contributed by atoms with E-state index in [2.05, 4.69) is 10.2 Å². The number of rotatable bonds is 9. The van der Waals surface area contributed by atoms with E-state index in [1.807, 2.05) is 48.5 Å². The third kappa shape index (κ3) is 6.04. The number of benzene rings is 3. The molecular weight excluding hydrogens is 478 g/mol. The molecule has 1 N–H and O–H groups in total. The smallest absolute Gasteiger partial charge is 0.251 e. The Morgan fingerprint density at radius 3 is 2.11 bits per heavy atom. The zero-order valence-electron chi connectivity index (χ0n) is 20.5. The van der Waals surface area contributed by atoms with Crippen molar-refractivity contribution in [2.75, 3.05) is 40.4 Å². The average Bonchev–Trinajstić information content (AvgIpc) is 2.92. The van der Waals surface area contributed by atoms with Gasteiger partial charge in [0, 0.05) is 44.8 Å². The lowest BCUT2D eigenvalue weighted by Crippen LogP contribution is -2.48. The van der Waals surface area contributed by atoms with Crippen molar-refractivity contribution < 1.29 is 22.7 Å². The monoisotopic (exact) mass is 509 g/mol. The standard InChI is InChI=1S/C27H31N3O5S/c1-34-25-13-10-22(18-26(25)35-2)19-28-27(31)23-11-8-21(9-12-23)20-29-14-16-30(17-15-29)36(32,33)24-6-4-3-5-7-24/h3-13,18H,14-17,19-20H2,1-2H3,(H,28,31). The molecular formula is C27H31N3O5S. The fourth-order valence-electron chi connectivity index (χ4n) is 4.16. The summed E-state index contributed by atoms with van der Waals surface area (Å²) in [6, 6.07) is 21.6. The van der Waals surface area contributed by atoms with Gasteiger partial charge in [0.25, 0.3) is 5.91 Å². The number of hydrogen-bond donors (Lipinski definition) is 1. The molecule has 0 unspecified atom stereocenters. The van der Waals surface area contributed by atoms with Crippen molar-refractivity contribution in [3.63, 3.8) is 0 Å². The van der Waals surface area contributed by atoms with Gasteiger partial charge in [0.05, 0.1) is 19.1 Å². The number of piperazine rings is 1. The maximum atomic E-state index is 12.8. The van der Waals surface area contributed by atoms with E-state index in [4.69, 9.17) is 9.47 Å². The minimum absolute atomic E-state index is 0.156. The summed E-state index contributed by atoms with van der Waals surface area (Å²) in [5.74, 6) is 1.10. The number of methoxy groups -OCH3 is 2. The molecule has 0 aromatic heterocycles. The summed E-state index contributed by atoms with van der Waals surface area (Å²) in [4.78, 5) is 15.2. The van der Waals surface area contributed by atoms with Gasteiger partial charge in [-0.1, -0.05) is 36.4 Å². The Morgan fingerprint density at radius 1 is 0.833 bits per heavy atom. The first-order valence-electron chi connectivity index (χ1n) is 11.8. The largest absolute Gasteiger partial charge is 0.493 e. The second kappa shape index (κ2) is 11.6. The summed E-state index contributed by atoms with van der Waals surface area (Å²) >= 11 is 0. The fourth-order valence-corrected chi connectivity index (χ4v) is 5.61. The van der Waals surface area contributed by atoms with Crippen LogP contribution in [-0.2, 0) is 23.1 Å². The Balaban J connectivity index is 1.27. The van der Waals surface area contributed by atoms with Crippen LogP contribution in [0, 0.1) is 0 Å². The summed E-state index contributed by atoms with van der Waals surface area (Å²) in [6.45, 7) is 3.28. The fraction of sp³-hybridized carbons (Fsp3) is 0.296. The zero-order chi connectivity index (χ0) is 25.5. The van der Waals surface area contributed by atoms with E-state index in [1.54, 1.807) is 42.8 Å². The van der Waals surface area contributed by atoms with Crippen molar-refractivity contribution in [1.29, 1.82) is 0 Å². The maximum Gasteiger partial charge on any atom is 0.251 e. The van der Waals surface area contributed by atoms with Gasteiger partial charge in [0.1, 0.15) is 0 Å². The Hall–Kier alpha value is -3.40. The van der Waals surface area contributed by atoms with E-state index >= 15 is 0 Å². The summed E-state index contributed by atoms with van der Waals surface area (Å²) in [6.07, 6.45) is 0. The summed E-state index contributed by atoms with van der Waals surface area (Å²) < 4.78 is 37.7. The second-order valence-corrected chi connectivity index (χ2v) is 10.5. The molecule has 0 saturated carbocycles. The third-order valence-corrected chi connectivity index (χ3v) is 8.15. The van der Waals surface area contributed by atoms with Crippen LogP contribution in [0.2, 0.25) is 0 Å². The predicted octanol–water partition coefficient (Wildman–Crippen LogP) is 3.14. The van der Waals surface area contributed by atoms with Crippen molar-refractivity contribution in [2.45, 2.75) is 18.0 Å². The molecule has 1 aliphatic heterocycles. The van der Waals surface area contributed by atoms with Crippen molar-refractivity contribution in [2.24, 2.45) is 0 Å². The molecule has 1 heterocycles. The first kappa shape index (κ1) is 25.7. The van der Waals surface area contributed by atoms with Crippen LogP contribution in [0.25, 0.3) is 0 Å². The highest BCUT2D eigenvalue weighted by atomic mass is 32.2. The molecule has 0 bridgehead atoms. The number of hydrogen-bond acceptors (Lipinski definition) is 6. The molecule has 1 aliphatic rings. The first-order valence-corrected chi connectivity index (χ1v) is 13.2. The summed E-state index contributed by atoms with van der Waals surface area (Å²) in [5.41, 5.74) is 2.56. The van der Waals surface area contributed by atoms with E-state index in [0.717, 1.165) is 11.1 Å². The van der Waals surface area contributed by atoms with Crippen molar-refractivity contribution >= 4 is 15.9 Å². The molecule has 36 heavy (non-hydrogen) atoms. The highest BCUT2D eigenvalue weighted by Crippen LogP contribution is 2.27. The van der Waals surface area contributed by atoms with Crippen LogP contribution in [0.4, 0.5) is 0 Å². The molecule has 1 amide bonds. The molecule has 1 fully saturated rings. The molecule has 1 saturated heterocycles. The molecule has 3 aromatic carbocycles. The lowest BCUT2D eigenvalue weighted by molar-refractivity contribution is 0.0951. The van der Waals surface area contributed by atoms with E-state index < -0.39 is 10.0 Å². The number of carbonyl (C=O) groups excluding carboxylic acids is 1. The molecule has 0 radical (unpaired) electrons. The quantitative estimate of drug-likeness (QED) is 0.477. The number of sulfonamides is 1. The highest BCUT2D eigenvalue weighted by Gasteiger charge is 2.28. The van der Waals surface area contributed by atoms with Crippen LogP contribution in [0.3, 0.4) is 0 Å². The topological polar surface area (TPSA) is 88.2 Å². The van der Waals surface area contributed by atoms with Gasteiger partial charge in [-0.2, -0.15) is 4.31 Å². The zero-order valence-corrected chi connectivity index (χ0v) is 21.3. The molecule has 3 aromatic rings. The highest BCUT2D eigenvalue weighted by molar-refractivity contribution is 7.89. The van der Waals surface area contributed by atoms with Crippen molar-refractivity contribution in [3.05, 3.63) is 89.5 Å². The van der Waals surface area contributed by atoms with Crippen LogP contribution in [0.15, 0.2) is 77.7 Å². The third-order valence-electron chi connectivity index (χ3n) is 6.24. The molecule has 0 atom stereocenters. The van der Waals surface area contributed by atoms with Gasteiger partial charge < -0.3 is 14.8 Å². The molecule has 9 heteroatoms. The van der Waals surface area contributed by atoms with Crippen LogP contribution < -0.4 is 14.8 Å². The van der Waals surface area contributed by atoms with Crippen LogP contribution in [-0.4, -0.2) is 63.9 Å². The van der Waals surface area contributed by atoms with Crippen LogP contribution in [0.1, 0.15) is 21.5 Å². The predicted molar refractivity (Wildman–Crippen MR) is 138 cm³/mol. The van der Waals surface area contributed by atoms with Gasteiger partial charge in [0.15, 0.2) is 11.5 Å². The SMILES string of the molecule is COc1ccc(CNC(=O)c2ccc(CN3CCN(S(=O)(=O)c4ccccc4)CC3)cc2)cc1OC. The molecule has 4 rings (SSSR count). The Morgan fingerprint density at radius 2 is 1.47 bits per heavy atom. The molecule has 8 nitrogen and oxygen atoms in total. The van der Waals surface area contributed by atoms with E-state index in [1.165, 1.54) is 0 Å². The summed E-state index contributed by atoms with van der Waals surface area (Å²) in [7, 11) is -0.297.